The van der Waals surface area contributed by atoms with Gasteiger partial charge in [0.1, 0.15) is 11.8 Å². The van der Waals surface area contributed by atoms with Gasteiger partial charge in [0.15, 0.2) is 6.10 Å². The van der Waals surface area contributed by atoms with Crippen LogP contribution in [0, 0.1) is 13.8 Å². The quantitative estimate of drug-likeness (QED) is 0.211. The average Bonchev–Trinajstić information content (AvgIpc) is 3.38. The summed E-state index contributed by atoms with van der Waals surface area (Å²) >= 11 is 0. The molecule has 3 aliphatic rings. The smallest absolute Gasteiger partial charge is 0.268 e. The zero-order valence-electron chi connectivity index (χ0n) is 23.7. The molecule has 6 heteroatoms. The molecule has 43 heavy (non-hydrogen) atoms. The van der Waals surface area contributed by atoms with Gasteiger partial charge in [-0.2, -0.15) is 0 Å². The summed E-state index contributed by atoms with van der Waals surface area (Å²) in [5.41, 5.74) is 8.61. The summed E-state index contributed by atoms with van der Waals surface area (Å²) in [6, 6.07) is 38.6. The van der Waals surface area contributed by atoms with Gasteiger partial charge in [0.25, 0.3) is 10.0 Å². The molecule has 0 unspecified atom stereocenters. The van der Waals surface area contributed by atoms with Crippen molar-refractivity contribution in [2.75, 3.05) is 0 Å². The van der Waals surface area contributed by atoms with Crippen molar-refractivity contribution in [3.63, 3.8) is 0 Å². The summed E-state index contributed by atoms with van der Waals surface area (Å²) in [5.74, 6) is 0.690. The minimum atomic E-state index is -4.02. The van der Waals surface area contributed by atoms with Crippen LogP contribution in [0.5, 0.6) is 5.75 Å². The minimum Gasteiger partial charge on any atom is -0.478 e. The summed E-state index contributed by atoms with van der Waals surface area (Å²) in [6.45, 7) is 3.97. The number of hydrogen-bond donors (Lipinski definition) is 0. The second kappa shape index (κ2) is 9.54. The molecule has 4 heterocycles. The van der Waals surface area contributed by atoms with E-state index >= 15 is 0 Å². The van der Waals surface area contributed by atoms with Crippen LogP contribution >= 0.6 is 0 Å². The van der Waals surface area contributed by atoms with Gasteiger partial charge in [-0.05, 0) is 54.3 Å². The highest BCUT2D eigenvalue weighted by atomic mass is 32.2. The highest BCUT2D eigenvalue weighted by Crippen LogP contribution is 2.53. The van der Waals surface area contributed by atoms with Crippen molar-refractivity contribution < 1.29 is 13.2 Å². The molecule has 0 aliphatic carbocycles. The molecule has 2 atom stereocenters. The zero-order valence-corrected chi connectivity index (χ0v) is 24.5. The maximum atomic E-state index is 14.7. The lowest BCUT2D eigenvalue weighted by atomic mass is 9.82. The third-order valence-corrected chi connectivity index (χ3v) is 10.3. The molecule has 5 nitrogen and oxygen atoms in total. The van der Waals surface area contributed by atoms with Gasteiger partial charge >= 0.3 is 0 Å². The predicted molar refractivity (Wildman–Crippen MR) is 171 cm³/mol. The van der Waals surface area contributed by atoms with Crippen molar-refractivity contribution in [3.8, 4) is 17.0 Å². The molecule has 0 spiro atoms. The summed E-state index contributed by atoms with van der Waals surface area (Å²) in [7, 11) is -4.02. The third-order valence-electron chi connectivity index (χ3n) is 8.55. The first-order chi connectivity index (χ1) is 20.9. The fourth-order valence-electron chi connectivity index (χ4n) is 6.52. The van der Waals surface area contributed by atoms with E-state index in [4.69, 9.17) is 9.73 Å². The number of aromatic nitrogens is 1. The van der Waals surface area contributed by atoms with Gasteiger partial charge in [-0.3, -0.25) is 4.99 Å². The lowest BCUT2D eigenvalue weighted by Gasteiger charge is -2.35. The number of hydrogen-bond acceptors (Lipinski definition) is 4. The van der Waals surface area contributed by atoms with E-state index < -0.39 is 22.2 Å². The van der Waals surface area contributed by atoms with Crippen molar-refractivity contribution in [3.05, 3.63) is 155 Å². The van der Waals surface area contributed by atoms with E-state index in [0.717, 1.165) is 50.0 Å². The molecular formula is C37H28N2O3S. The molecular weight excluding hydrogens is 552 g/mol. The van der Waals surface area contributed by atoms with Crippen LogP contribution in [0.2, 0.25) is 0 Å². The Balaban J connectivity index is 1.55. The topological polar surface area (TPSA) is 60.7 Å². The molecule has 5 aromatic carbocycles. The van der Waals surface area contributed by atoms with E-state index in [0.29, 0.717) is 17.0 Å². The van der Waals surface area contributed by atoms with E-state index in [-0.39, 0.29) is 4.90 Å². The molecule has 6 aromatic rings. The summed E-state index contributed by atoms with van der Waals surface area (Å²) < 4.78 is 37.9. The normalized spacial score (nSPS) is 17.1. The summed E-state index contributed by atoms with van der Waals surface area (Å²) in [6.07, 6.45) is -0.440. The zero-order chi connectivity index (χ0) is 29.3. The fourth-order valence-corrected chi connectivity index (χ4v) is 8.07. The average molecular weight is 581 g/mol. The maximum absolute atomic E-state index is 14.7. The molecule has 1 aromatic heterocycles. The van der Waals surface area contributed by atoms with Crippen LogP contribution < -0.4 is 4.74 Å². The number of rotatable bonds is 4. The number of benzene rings is 5. The number of aryl methyl sites for hydroxylation is 2. The Morgan fingerprint density at radius 1 is 0.698 bits per heavy atom. The molecule has 210 valence electrons. The van der Waals surface area contributed by atoms with Gasteiger partial charge in [0, 0.05) is 16.5 Å². The molecule has 0 saturated heterocycles. The second-order valence-electron chi connectivity index (χ2n) is 11.2. The SMILES string of the molecule is Cc1ccc(S(=O)(=O)n2c(-c3ccccc3)c3c4c(c(C)ccc42)O[C@H]2C(c4ccccc4)=N[C@H]3c3ccccc32)cc1. The van der Waals surface area contributed by atoms with Crippen molar-refractivity contribution in [1.29, 1.82) is 0 Å². The van der Waals surface area contributed by atoms with Crippen LogP contribution in [0.3, 0.4) is 0 Å². The van der Waals surface area contributed by atoms with Crippen molar-refractivity contribution in [1.82, 2.24) is 3.97 Å². The van der Waals surface area contributed by atoms with Crippen LogP contribution in [0.15, 0.2) is 131 Å². The first kappa shape index (κ1) is 25.7. The van der Waals surface area contributed by atoms with E-state index in [1.165, 1.54) is 3.97 Å². The van der Waals surface area contributed by atoms with Crippen LogP contribution in [-0.4, -0.2) is 18.1 Å². The van der Waals surface area contributed by atoms with E-state index in [1.54, 1.807) is 12.1 Å². The molecule has 0 saturated carbocycles. The van der Waals surface area contributed by atoms with E-state index in [1.807, 2.05) is 98.8 Å². The van der Waals surface area contributed by atoms with Crippen LogP contribution in [0.25, 0.3) is 22.2 Å². The van der Waals surface area contributed by atoms with Crippen molar-refractivity contribution in [2.45, 2.75) is 30.9 Å². The van der Waals surface area contributed by atoms with E-state index in [2.05, 4.69) is 24.3 Å². The Morgan fingerprint density at radius 3 is 2.02 bits per heavy atom. The van der Waals surface area contributed by atoms with E-state index in [9.17, 15) is 8.42 Å². The van der Waals surface area contributed by atoms with Gasteiger partial charge < -0.3 is 4.74 Å². The van der Waals surface area contributed by atoms with Crippen molar-refractivity contribution >= 4 is 26.6 Å². The number of aliphatic imine (C=N–C) groups is 1. The standard InChI is InChI=1S/C37H28N2O3S/c1-23-17-20-27(21-18-23)43(40,41)39-30-22-19-24(2)36-31(30)32(35(39)26-13-7-4-8-14-26)34-28-15-9-10-16-29(28)37(42-36)33(38-34)25-11-5-3-6-12-25/h3-22,34,37H,1-2H3/t34-,37+/m0/s1. The Bertz CT molecular complexity index is 2180. The molecule has 2 bridgehead atoms. The van der Waals surface area contributed by atoms with Gasteiger partial charge in [-0.25, -0.2) is 12.4 Å². The van der Waals surface area contributed by atoms with Crippen LogP contribution in [0.1, 0.15) is 45.5 Å². The Morgan fingerprint density at radius 2 is 1.33 bits per heavy atom. The number of ether oxygens (including phenoxy) is 1. The van der Waals surface area contributed by atoms with Crippen LogP contribution in [-0.2, 0) is 10.0 Å². The molecule has 0 amide bonds. The maximum Gasteiger partial charge on any atom is 0.268 e. The highest BCUT2D eigenvalue weighted by Gasteiger charge is 2.41. The minimum absolute atomic E-state index is 0.231. The lowest BCUT2D eigenvalue weighted by Crippen LogP contribution is -2.29. The molecule has 9 rings (SSSR count). The summed E-state index contributed by atoms with van der Waals surface area (Å²) in [5, 5.41) is 0.787. The number of nitrogens with zero attached hydrogens (tertiary/aromatic N) is 2. The van der Waals surface area contributed by atoms with Gasteiger partial charge in [-0.1, -0.05) is 109 Å². The predicted octanol–water partition coefficient (Wildman–Crippen LogP) is 8.19. The summed E-state index contributed by atoms with van der Waals surface area (Å²) in [4.78, 5) is 5.65. The second-order valence-corrected chi connectivity index (χ2v) is 13.0. The Kier molecular flexibility index (Phi) is 5.71. The van der Waals surface area contributed by atoms with Crippen LogP contribution in [0.4, 0.5) is 0 Å². The van der Waals surface area contributed by atoms with Gasteiger partial charge in [0.2, 0.25) is 0 Å². The molecule has 0 radical (unpaired) electrons. The lowest BCUT2D eigenvalue weighted by molar-refractivity contribution is 0.268. The first-order valence-electron chi connectivity index (χ1n) is 14.4. The third kappa shape index (κ3) is 3.83. The first-order valence-corrected chi connectivity index (χ1v) is 15.8. The fraction of sp³-hybridized carbons (Fsp3) is 0.108. The molecule has 0 fully saturated rings. The molecule has 3 aliphatic heterocycles. The molecule has 0 N–H and O–H groups in total. The Hall–Kier alpha value is -4.94. The Labute approximate surface area is 250 Å². The monoisotopic (exact) mass is 580 g/mol. The van der Waals surface area contributed by atoms with Gasteiger partial charge in [-0.15, -0.1) is 0 Å². The van der Waals surface area contributed by atoms with Crippen molar-refractivity contribution in [2.24, 2.45) is 4.99 Å². The highest BCUT2D eigenvalue weighted by molar-refractivity contribution is 7.90. The van der Waals surface area contributed by atoms with Gasteiger partial charge in [0.05, 0.1) is 21.8 Å². The largest absolute Gasteiger partial charge is 0.478 e.